The molecule has 0 bridgehead atoms. The first-order chi connectivity index (χ1) is 13.5. The average molecular weight is 368 g/mol. The molecule has 0 spiro atoms. The molecule has 4 aromatic rings. The Morgan fingerprint density at radius 3 is 2.75 bits per heavy atom. The van der Waals surface area contributed by atoms with E-state index in [0.29, 0.717) is 0 Å². The van der Waals surface area contributed by atoms with Gasteiger partial charge in [-0.2, -0.15) is 0 Å². The lowest BCUT2D eigenvalue weighted by Crippen LogP contribution is -2.03. The maximum Gasteiger partial charge on any atom is 0.132 e. The molecular formula is C24H24N4. The maximum atomic E-state index is 4.57. The molecule has 4 heteroatoms. The molecule has 28 heavy (non-hydrogen) atoms. The predicted octanol–water partition coefficient (Wildman–Crippen LogP) is 5.89. The van der Waals surface area contributed by atoms with E-state index in [4.69, 9.17) is 0 Å². The summed E-state index contributed by atoms with van der Waals surface area (Å²) in [4.78, 5) is 12.3. The molecule has 0 saturated heterocycles. The van der Waals surface area contributed by atoms with E-state index in [1.807, 2.05) is 31.5 Å². The van der Waals surface area contributed by atoms with Gasteiger partial charge >= 0.3 is 0 Å². The average Bonchev–Trinajstić information content (AvgIpc) is 3.11. The van der Waals surface area contributed by atoms with Crippen molar-refractivity contribution in [3.63, 3.8) is 0 Å². The van der Waals surface area contributed by atoms with Crippen LogP contribution < -0.4 is 5.32 Å². The van der Waals surface area contributed by atoms with Gasteiger partial charge in [0.2, 0.25) is 0 Å². The van der Waals surface area contributed by atoms with Gasteiger partial charge in [-0.15, -0.1) is 0 Å². The molecule has 0 radical (unpaired) electrons. The highest BCUT2D eigenvalue weighted by Gasteiger charge is 2.10. The Labute approximate surface area is 165 Å². The molecule has 3 heterocycles. The normalized spacial score (nSPS) is 11.0. The summed E-state index contributed by atoms with van der Waals surface area (Å²) in [6.07, 6.45) is 4.69. The molecule has 1 aromatic carbocycles. The smallest absolute Gasteiger partial charge is 0.132 e. The van der Waals surface area contributed by atoms with Gasteiger partial charge in [-0.05, 0) is 49.6 Å². The van der Waals surface area contributed by atoms with Crippen molar-refractivity contribution < 1.29 is 0 Å². The first kappa shape index (κ1) is 18.0. The molecule has 0 atom stereocenters. The third-order valence-corrected chi connectivity index (χ3v) is 5.08. The van der Waals surface area contributed by atoms with E-state index in [2.05, 4.69) is 71.0 Å². The third kappa shape index (κ3) is 3.41. The van der Waals surface area contributed by atoms with Gasteiger partial charge < -0.3 is 10.3 Å². The number of fused-ring (bicyclic) bond motifs is 1. The largest absolute Gasteiger partial charge is 0.354 e. The summed E-state index contributed by atoms with van der Waals surface area (Å²) in [5, 5.41) is 4.45. The van der Waals surface area contributed by atoms with E-state index in [9.17, 15) is 0 Å². The Bertz CT molecular complexity index is 1170. The number of nitrogens with zero attached hydrogens (tertiary/aromatic N) is 2. The Balaban J connectivity index is 1.63. The van der Waals surface area contributed by atoms with E-state index in [1.54, 1.807) is 0 Å². The van der Waals surface area contributed by atoms with Crippen molar-refractivity contribution in [1.82, 2.24) is 15.0 Å². The van der Waals surface area contributed by atoms with E-state index in [0.717, 1.165) is 51.4 Å². The van der Waals surface area contributed by atoms with Gasteiger partial charge in [0, 0.05) is 52.1 Å². The second kappa shape index (κ2) is 7.31. The predicted molar refractivity (Wildman–Crippen MR) is 117 cm³/mol. The van der Waals surface area contributed by atoms with Crippen molar-refractivity contribution in [3.8, 4) is 11.3 Å². The zero-order valence-corrected chi connectivity index (χ0v) is 16.5. The molecule has 0 saturated carbocycles. The summed E-state index contributed by atoms with van der Waals surface area (Å²) in [5.41, 5.74) is 8.82. The Morgan fingerprint density at radius 1 is 1.11 bits per heavy atom. The highest BCUT2D eigenvalue weighted by Crippen LogP contribution is 2.27. The molecule has 0 aliphatic carbocycles. The lowest BCUT2D eigenvalue weighted by Gasteiger charge is -2.14. The number of benzene rings is 1. The summed E-state index contributed by atoms with van der Waals surface area (Å²) in [5.74, 6) is 0.778. The fourth-order valence-electron chi connectivity index (χ4n) is 3.64. The number of H-pyrrole nitrogens is 1. The number of hydrogen-bond donors (Lipinski definition) is 2. The van der Waals surface area contributed by atoms with E-state index >= 15 is 0 Å². The number of aryl methyl sites for hydroxylation is 2. The zero-order chi connectivity index (χ0) is 19.7. The quantitative estimate of drug-likeness (QED) is 0.462. The minimum absolute atomic E-state index is 0.778. The number of anilines is 1. The van der Waals surface area contributed by atoms with Crippen LogP contribution in [-0.2, 0) is 6.42 Å². The van der Waals surface area contributed by atoms with Gasteiger partial charge in [-0.1, -0.05) is 31.7 Å². The lowest BCUT2D eigenvalue weighted by molar-refractivity contribution is 1.10. The minimum Gasteiger partial charge on any atom is -0.354 e. The summed E-state index contributed by atoms with van der Waals surface area (Å²) < 4.78 is 0. The van der Waals surface area contributed by atoms with Crippen molar-refractivity contribution in [1.29, 1.82) is 0 Å². The molecule has 0 aliphatic heterocycles. The topological polar surface area (TPSA) is 53.6 Å². The van der Waals surface area contributed by atoms with Gasteiger partial charge in [0.05, 0.1) is 5.52 Å². The van der Waals surface area contributed by atoms with Crippen molar-refractivity contribution in [2.24, 2.45) is 0 Å². The van der Waals surface area contributed by atoms with Crippen molar-refractivity contribution in [2.45, 2.75) is 27.2 Å². The number of hydrogen-bond acceptors (Lipinski definition) is 3. The standard InChI is InChI=1S/C24H24N4/c1-5-20-15(2)7-6-8-21(20)17(4)27-24-13-23-19(14-26-24)12-22(28-23)18-9-10-25-16(3)11-18/h6-14,28H,4-5H2,1-3H3,(H,26,27). The second-order valence-electron chi connectivity index (χ2n) is 7.08. The first-order valence-corrected chi connectivity index (χ1v) is 9.51. The molecule has 4 nitrogen and oxygen atoms in total. The van der Waals surface area contributed by atoms with Crippen LogP contribution in [0.4, 0.5) is 5.82 Å². The number of aromatic amines is 1. The maximum absolute atomic E-state index is 4.57. The number of pyridine rings is 2. The van der Waals surface area contributed by atoms with Crippen LogP contribution in [0.25, 0.3) is 27.9 Å². The van der Waals surface area contributed by atoms with E-state index < -0.39 is 0 Å². The van der Waals surface area contributed by atoms with Gasteiger partial charge in [-0.25, -0.2) is 4.98 Å². The fraction of sp³-hybridized carbons (Fsp3) is 0.167. The van der Waals surface area contributed by atoms with Crippen molar-refractivity contribution in [2.75, 3.05) is 5.32 Å². The van der Waals surface area contributed by atoms with Crippen LogP contribution in [0, 0.1) is 13.8 Å². The van der Waals surface area contributed by atoms with Gasteiger partial charge in [0.15, 0.2) is 0 Å². The summed E-state index contributed by atoms with van der Waals surface area (Å²) in [7, 11) is 0. The summed E-state index contributed by atoms with van der Waals surface area (Å²) in [6.45, 7) is 10.6. The van der Waals surface area contributed by atoms with E-state index in [1.165, 1.54) is 11.1 Å². The number of rotatable bonds is 5. The molecule has 0 amide bonds. The van der Waals surface area contributed by atoms with Crippen molar-refractivity contribution >= 4 is 22.4 Å². The van der Waals surface area contributed by atoms with Gasteiger partial charge in [-0.3, -0.25) is 4.98 Å². The number of nitrogens with one attached hydrogen (secondary N) is 2. The van der Waals surface area contributed by atoms with Crippen LogP contribution in [0.3, 0.4) is 0 Å². The molecule has 3 aromatic heterocycles. The third-order valence-electron chi connectivity index (χ3n) is 5.08. The molecular weight excluding hydrogens is 344 g/mol. The molecule has 0 fully saturated rings. The summed E-state index contributed by atoms with van der Waals surface area (Å²) >= 11 is 0. The Hall–Kier alpha value is -3.40. The van der Waals surface area contributed by atoms with Crippen LogP contribution in [-0.4, -0.2) is 15.0 Å². The summed E-state index contributed by atoms with van der Waals surface area (Å²) in [6, 6.07) is 14.5. The van der Waals surface area contributed by atoms with Crippen LogP contribution in [0.15, 0.2) is 61.4 Å². The molecule has 140 valence electrons. The van der Waals surface area contributed by atoms with Crippen LogP contribution in [0.1, 0.15) is 29.3 Å². The van der Waals surface area contributed by atoms with Gasteiger partial charge in [0.25, 0.3) is 0 Å². The minimum atomic E-state index is 0.778. The van der Waals surface area contributed by atoms with Crippen LogP contribution in [0.2, 0.25) is 0 Å². The van der Waals surface area contributed by atoms with Gasteiger partial charge in [0.1, 0.15) is 5.82 Å². The fourth-order valence-corrected chi connectivity index (χ4v) is 3.64. The van der Waals surface area contributed by atoms with Crippen LogP contribution >= 0.6 is 0 Å². The van der Waals surface area contributed by atoms with Crippen molar-refractivity contribution in [3.05, 3.63) is 83.8 Å². The first-order valence-electron chi connectivity index (χ1n) is 9.51. The van der Waals surface area contributed by atoms with Crippen LogP contribution in [0.5, 0.6) is 0 Å². The molecule has 0 aliphatic rings. The molecule has 2 N–H and O–H groups in total. The second-order valence-corrected chi connectivity index (χ2v) is 7.08. The lowest BCUT2D eigenvalue weighted by atomic mass is 9.98. The zero-order valence-electron chi connectivity index (χ0n) is 16.5. The van der Waals surface area contributed by atoms with E-state index in [-0.39, 0.29) is 0 Å². The number of aromatic nitrogens is 3. The molecule has 4 rings (SSSR count). The Morgan fingerprint density at radius 2 is 1.96 bits per heavy atom. The highest BCUT2D eigenvalue weighted by molar-refractivity contribution is 5.88. The monoisotopic (exact) mass is 368 g/mol. The highest BCUT2D eigenvalue weighted by atomic mass is 15.0. The molecule has 0 unspecified atom stereocenters. The Kier molecular flexibility index (Phi) is 4.70. The SMILES string of the molecule is C=C(Nc1cc2[nH]c(-c3ccnc(C)c3)cc2cn1)c1cccc(C)c1CC.